The minimum absolute atomic E-state index is 0.0756. The van der Waals surface area contributed by atoms with Crippen molar-refractivity contribution in [1.29, 1.82) is 0 Å². The van der Waals surface area contributed by atoms with E-state index in [4.69, 9.17) is 0 Å². The number of aliphatic carboxylic acids is 1. The number of ether oxygens (including phenoxy) is 1. The fourth-order valence-corrected chi connectivity index (χ4v) is 2.35. The third-order valence-corrected chi connectivity index (χ3v) is 3.64. The van der Waals surface area contributed by atoms with Crippen LogP contribution >= 0.6 is 0 Å². The van der Waals surface area contributed by atoms with Gasteiger partial charge in [-0.3, -0.25) is 0 Å². The molecule has 1 heterocycles. The Kier molecular flexibility index (Phi) is 6.32. The molecule has 2 rings (SSSR count). The van der Waals surface area contributed by atoms with E-state index in [0.29, 0.717) is 0 Å². The summed E-state index contributed by atoms with van der Waals surface area (Å²) in [6.07, 6.45) is -9.84. The van der Waals surface area contributed by atoms with E-state index < -0.39 is 48.6 Å². The number of rotatable bonds is 8. The summed E-state index contributed by atoms with van der Waals surface area (Å²) in [5.74, 6) is -4.80. The van der Waals surface area contributed by atoms with Crippen molar-refractivity contribution in [2.75, 3.05) is 0 Å². The van der Waals surface area contributed by atoms with Gasteiger partial charge in [0, 0.05) is 18.1 Å². The van der Waals surface area contributed by atoms with E-state index in [0.717, 1.165) is 24.4 Å². The zero-order chi connectivity index (χ0) is 20.2. The standard InChI is InChI=1S/C17H14F5NO4/c18-13-8-10(4-5-23-13)14(24)12(15(25)26)7-9-2-1-3-11(6-9)27-17(21,22)16(19)20/h1-6,8,12,14,16,24H,7H2,(H,25,26)/p-1. The Bertz CT molecular complexity index is 802. The Morgan fingerprint density at radius 1 is 1.26 bits per heavy atom. The Morgan fingerprint density at radius 2 is 1.96 bits per heavy atom. The number of carbonyl (C=O) groups is 1. The molecule has 0 bridgehead atoms. The third-order valence-electron chi connectivity index (χ3n) is 3.64. The second-order valence-electron chi connectivity index (χ2n) is 5.60. The number of nitrogens with zero attached hydrogens (tertiary/aromatic N) is 1. The lowest BCUT2D eigenvalue weighted by molar-refractivity contribution is -0.314. The number of halogens is 5. The van der Waals surface area contributed by atoms with Gasteiger partial charge in [-0.25, -0.2) is 4.98 Å². The normalized spacial score (nSPS) is 14.0. The highest BCUT2D eigenvalue weighted by molar-refractivity contribution is 5.69. The summed E-state index contributed by atoms with van der Waals surface area (Å²) >= 11 is 0. The van der Waals surface area contributed by atoms with E-state index >= 15 is 0 Å². The van der Waals surface area contributed by atoms with Crippen LogP contribution in [0.4, 0.5) is 22.0 Å². The van der Waals surface area contributed by atoms with Gasteiger partial charge >= 0.3 is 12.5 Å². The van der Waals surface area contributed by atoms with Crippen molar-refractivity contribution in [3.8, 4) is 5.75 Å². The average Bonchev–Trinajstić information content (AvgIpc) is 2.58. The highest BCUT2D eigenvalue weighted by atomic mass is 19.3. The van der Waals surface area contributed by atoms with E-state index in [1.165, 1.54) is 18.2 Å². The van der Waals surface area contributed by atoms with Crippen molar-refractivity contribution < 1.29 is 41.7 Å². The first kappa shape index (κ1) is 20.6. The molecular formula is C17H13F5NO4-. The molecule has 1 N–H and O–H groups in total. The lowest BCUT2D eigenvalue weighted by atomic mass is 9.90. The number of pyridine rings is 1. The van der Waals surface area contributed by atoms with Crippen LogP contribution in [0.5, 0.6) is 5.75 Å². The minimum atomic E-state index is -4.72. The van der Waals surface area contributed by atoms with Crippen LogP contribution < -0.4 is 9.84 Å². The third kappa shape index (κ3) is 5.36. The first-order valence-corrected chi connectivity index (χ1v) is 7.54. The zero-order valence-corrected chi connectivity index (χ0v) is 13.5. The molecular weight excluding hydrogens is 377 g/mol. The van der Waals surface area contributed by atoms with Gasteiger partial charge in [0.15, 0.2) is 0 Å². The molecule has 2 aromatic rings. The SMILES string of the molecule is O=C([O-])C(Cc1cccc(OC(F)(F)C(F)F)c1)C(O)c1ccnc(F)c1. The summed E-state index contributed by atoms with van der Waals surface area (Å²) in [6, 6.07) is 6.48. The zero-order valence-electron chi connectivity index (χ0n) is 13.5. The van der Waals surface area contributed by atoms with E-state index in [1.807, 2.05) is 0 Å². The summed E-state index contributed by atoms with van der Waals surface area (Å²) in [7, 11) is 0. The second-order valence-corrected chi connectivity index (χ2v) is 5.60. The van der Waals surface area contributed by atoms with E-state index in [2.05, 4.69) is 9.72 Å². The molecule has 1 aromatic heterocycles. The van der Waals surface area contributed by atoms with Gasteiger partial charge in [0.25, 0.3) is 0 Å². The number of aliphatic hydroxyl groups excluding tert-OH is 1. The number of carbonyl (C=O) groups excluding carboxylic acids is 1. The molecule has 27 heavy (non-hydrogen) atoms. The molecule has 0 amide bonds. The lowest BCUT2D eigenvalue weighted by Crippen LogP contribution is -2.36. The van der Waals surface area contributed by atoms with Crippen LogP contribution in [0.15, 0.2) is 42.6 Å². The molecule has 0 fully saturated rings. The fourth-order valence-electron chi connectivity index (χ4n) is 2.35. The van der Waals surface area contributed by atoms with Gasteiger partial charge in [-0.05, 0) is 41.8 Å². The first-order chi connectivity index (χ1) is 12.6. The molecule has 2 unspecified atom stereocenters. The van der Waals surface area contributed by atoms with E-state index in [-0.39, 0.29) is 11.1 Å². The molecule has 10 heteroatoms. The molecule has 0 spiro atoms. The molecule has 5 nitrogen and oxygen atoms in total. The number of aliphatic hydroxyl groups is 1. The fraction of sp³-hybridized carbons (Fsp3) is 0.294. The molecule has 146 valence electrons. The van der Waals surface area contributed by atoms with Crippen LogP contribution in [0.2, 0.25) is 0 Å². The van der Waals surface area contributed by atoms with Crippen LogP contribution in [0.3, 0.4) is 0 Å². The summed E-state index contributed by atoms with van der Waals surface area (Å²) in [4.78, 5) is 14.7. The monoisotopic (exact) mass is 390 g/mol. The second kappa shape index (κ2) is 8.30. The van der Waals surface area contributed by atoms with Crippen molar-refractivity contribution in [2.45, 2.75) is 25.1 Å². The Morgan fingerprint density at radius 3 is 2.56 bits per heavy atom. The average molecular weight is 390 g/mol. The maximum absolute atomic E-state index is 13.2. The predicted octanol–water partition coefficient (Wildman–Crippen LogP) is 2.10. The lowest BCUT2D eigenvalue weighted by Gasteiger charge is -2.24. The summed E-state index contributed by atoms with van der Waals surface area (Å²) < 4.78 is 67.5. The topological polar surface area (TPSA) is 82.5 Å². The molecule has 0 saturated carbocycles. The predicted molar refractivity (Wildman–Crippen MR) is 79.4 cm³/mol. The molecule has 1 aromatic carbocycles. The molecule has 0 aliphatic carbocycles. The minimum Gasteiger partial charge on any atom is -0.550 e. The molecule has 0 aliphatic heterocycles. The van der Waals surface area contributed by atoms with Gasteiger partial charge in [-0.2, -0.15) is 22.0 Å². The number of alkyl halides is 4. The first-order valence-electron chi connectivity index (χ1n) is 7.54. The number of hydrogen-bond acceptors (Lipinski definition) is 5. The Hall–Kier alpha value is -2.75. The van der Waals surface area contributed by atoms with Crippen LogP contribution in [0.25, 0.3) is 0 Å². The van der Waals surface area contributed by atoms with E-state index in [1.54, 1.807) is 0 Å². The van der Waals surface area contributed by atoms with Crippen molar-refractivity contribution in [3.05, 3.63) is 59.7 Å². The van der Waals surface area contributed by atoms with Gasteiger partial charge in [0.05, 0.1) is 6.10 Å². The molecule has 0 saturated heterocycles. The van der Waals surface area contributed by atoms with Gasteiger partial charge in [0.2, 0.25) is 5.95 Å². The van der Waals surface area contributed by atoms with Crippen LogP contribution in [-0.4, -0.2) is 28.6 Å². The highest BCUT2D eigenvalue weighted by Crippen LogP contribution is 2.30. The number of hydrogen-bond donors (Lipinski definition) is 1. The summed E-state index contributed by atoms with van der Waals surface area (Å²) in [5.41, 5.74) is 0.0219. The maximum atomic E-state index is 13.2. The van der Waals surface area contributed by atoms with Crippen LogP contribution in [0, 0.1) is 11.9 Å². The quantitative estimate of drug-likeness (QED) is 0.552. The molecule has 0 aliphatic rings. The summed E-state index contributed by atoms with van der Waals surface area (Å²) in [6.45, 7) is 0. The van der Waals surface area contributed by atoms with Crippen molar-refractivity contribution in [3.63, 3.8) is 0 Å². The number of carboxylic acids is 1. The maximum Gasteiger partial charge on any atom is 0.461 e. The van der Waals surface area contributed by atoms with Gasteiger partial charge in [-0.15, -0.1) is 0 Å². The van der Waals surface area contributed by atoms with Gasteiger partial charge in [-0.1, -0.05) is 12.1 Å². The number of aromatic nitrogens is 1. The number of carboxylic acid groups (broad SMARTS) is 1. The van der Waals surface area contributed by atoms with Crippen molar-refractivity contribution in [2.24, 2.45) is 5.92 Å². The van der Waals surface area contributed by atoms with Crippen LogP contribution in [-0.2, 0) is 11.2 Å². The van der Waals surface area contributed by atoms with Crippen LogP contribution in [0.1, 0.15) is 17.2 Å². The molecule has 2 atom stereocenters. The Labute approximate surface area is 150 Å². The van der Waals surface area contributed by atoms with Crippen molar-refractivity contribution >= 4 is 5.97 Å². The smallest absolute Gasteiger partial charge is 0.461 e. The van der Waals surface area contributed by atoms with Gasteiger partial charge in [0.1, 0.15) is 5.75 Å². The number of benzene rings is 1. The Balaban J connectivity index is 2.22. The summed E-state index contributed by atoms with van der Waals surface area (Å²) in [5, 5.41) is 21.6. The van der Waals surface area contributed by atoms with E-state index in [9.17, 15) is 37.0 Å². The molecule has 0 radical (unpaired) electrons. The highest BCUT2D eigenvalue weighted by Gasteiger charge is 2.44. The van der Waals surface area contributed by atoms with Crippen molar-refractivity contribution in [1.82, 2.24) is 4.98 Å². The van der Waals surface area contributed by atoms with Gasteiger partial charge < -0.3 is 19.7 Å². The largest absolute Gasteiger partial charge is 0.550 e.